The Morgan fingerprint density at radius 3 is 2.39 bits per heavy atom. The van der Waals surface area contributed by atoms with Gasteiger partial charge >= 0.3 is 0 Å². The number of rotatable bonds is 2. The van der Waals surface area contributed by atoms with E-state index in [0.717, 1.165) is 11.8 Å². The molecule has 0 N–H and O–H groups in total. The fourth-order valence-electron chi connectivity index (χ4n) is 3.14. The molecule has 0 heterocycles. The lowest BCUT2D eigenvalue weighted by Crippen LogP contribution is -2.33. The molecule has 3 unspecified atom stereocenters. The van der Waals surface area contributed by atoms with E-state index < -0.39 is 0 Å². The van der Waals surface area contributed by atoms with Gasteiger partial charge in [-0.3, -0.25) is 0 Å². The molecule has 0 saturated heterocycles. The van der Waals surface area contributed by atoms with Crippen LogP contribution in [0.1, 0.15) is 45.6 Å². The van der Waals surface area contributed by atoms with Gasteiger partial charge in [0.25, 0.3) is 0 Å². The summed E-state index contributed by atoms with van der Waals surface area (Å²) in [5.74, 6) is 1.67. The van der Waals surface area contributed by atoms with E-state index in [0.29, 0.717) is 10.2 Å². The zero-order valence-electron chi connectivity index (χ0n) is 11.8. The molecule has 1 fully saturated rings. The van der Waals surface area contributed by atoms with Crippen molar-refractivity contribution in [3.8, 4) is 0 Å². The van der Waals surface area contributed by atoms with Crippen molar-refractivity contribution in [3.63, 3.8) is 0 Å². The maximum absolute atomic E-state index is 3.91. The molecule has 100 valence electrons. The molecule has 0 amide bonds. The van der Waals surface area contributed by atoms with Gasteiger partial charge in [-0.15, -0.1) is 0 Å². The van der Waals surface area contributed by atoms with Crippen molar-refractivity contribution in [2.24, 2.45) is 17.3 Å². The van der Waals surface area contributed by atoms with Gasteiger partial charge in [-0.1, -0.05) is 67.0 Å². The van der Waals surface area contributed by atoms with Gasteiger partial charge in [0.1, 0.15) is 0 Å². The molecule has 0 spiro atoms. The highest BCUT2D eigenvalue weighted by Crippen LogP contribution is 2.43. The van der Waals surface area contributed by atoms with Crippen LogP contribution in [0.5, 0.6) is 0 Å². The SMILES string of the molecule is CC(C)(C)C1CCC(Br)C(Cc2ccccc2)C1. The zero-order chi connectivity index (χ0) is 13.2. The molecule has 0 bridgehead atoms. The summed E-state index contributed by atoms with van der Waals surface area (Å²) in [4.78, 5) is 0.705. The van der Waals surface area contributed by atoms with Crippen molar-refractivity contribution in [1.82, 2.24) is 0 Å². The predicted octanol–water partition coefficient (Wildman–Crippen LogP) is 5.46. The minimum absolute atomic E-state index is 0.460. The Balaban J connectivity index is 2.02. The smallest absolute Gasteiger partial charge is 0.0177 e. The predicted molar refractivity (Wildman–Crippen MR) is 83.1 cm³/mol. The molecule has 0 nitrogen and oxygen atoms in total. The van der Waals surface area contributed by atoms with E-state index in [9.17, 15) is 0 Å². The molecular weight excluding hydrogens is 284 g/mol. The summed E-state index contributed by atoms with van der Waals surface area (Å²) in [5, 5.41) is 0. The average molecular weight is 309 g/mol. The Hall–Kier alpha value is -0.300. The van der Waals surface area contributed by atoms with Gasteiger partial charge in [-0.25, -0.2) is 0 Å². The van der Waals surface area contributed by atoms with Crippen LogP contribution in [0.3, 0.4) is 0 Å². The number of hydrogen-bond donors (Lipinski definition) is 0. The highest BCUT2D eigenvalue weighted by Gasteiger charge is 2.34. The molecule has 1 aromatic rings. The Morgan fingerprint density at radius 2 is 1.78 bits per heavy atom. The molecule has 18 heavy (non-hydrogen) atoms. The Kier molecular flexibility index (Phi) is 4.53. The fraction of sp³-hybridized carbons (Fsp3) is 0.647. The van der Waals surface area contributed by atoms with Crippen molar-refractivity contribution in [2.75, 3.05) is 0 Å². The van der Waals surface area contributed by atoms with Crippen LogP contribution in [0.4, 0.5) is 0 Å². The van der Waals surface area contributed by atoms with E-state index in [1.165, 1.54) is 31.2 Å². The lowest BCUT2D eigenvalue weighted by molar-refractivity contribution is 0.146. The molecule has 1 heteroatoms. The van der Waals surface area contributed by atoms with E-state index in [2.05, 4.69) is 67.0 Å². The second-order valence-corrected chi connectivity index (χ2v) is 8.02. The van der Waals surface area contributed by atoms with Crippen LogP contribution in [-0.4, -0.2) is 4.83 Å². The highest BCUT2D eigenvalue weighted by molar-refractivity contribution is 9.09. The van der Waals surface area contributed by atoms with Crippen molar-refractivity contribution in [1.29, 1.82) is 0 Å². The molecule has 3 atom stereocenters. The first-order valence-corrected chi connectivity index (χ1v) is 8.06. The normalized spacial score (nSPS) is 29.2. The van der Waals surface area contributed by atoms with E-state index in [1.54, 1.807) is 0 Å². The standard InChI is InChI=1S/C17H25Br/c1-17(2,3)15-9-10-16(18)14(12-15)11-13-7-5-4-6-8-13/h4-8,14-16H,9-12H2,1-3H3. The van der Waals surface area contributed by atoms with Crippen molar-refractivity contribution in [2.45, 2.75) is 51.3 Å². The number of hydrogen-bond acceptors (Lipinski definition) is 0. The van der Waals surface area contributed by atoms with Gasteiger partial charge < -0.3 is 0 Å². The molecular formula is C17H25Br. The summed E-state index contributed by atoms with van der Waals surface area (Å²) >= 11 is 3.91. The van der Waals surface area contributed by atoms with Gasteiger partial charge in [0.15, 0.2) is 0 Å². The summed E-state index contributed by atoms with van der Waals surface area (Å²) < 4.78 is 0. The van der Waals surface area contributed by atoms with Crippen LogP contribution in [0.15, 0.2) is 30.3 Å². The third-order valence-corrected chi connectivity index (χ3v) is 5.66. The quantitative estimate of drug-likeness (QED) is 0.637. The van der Waals surface area contributed by atoms with Crippen LogP contribution in [0, 0.1) is 17.3 Å². The maximum atomic E-state index is 3.91. The zero-order valence-corrected chi connectivity index (χ0v) is 13.4. The molecule has 0 aliphatic heterocycles. The van der Waals surface area contributed by atoms with Crippen LogP contribution in [0.2, 0.25) is 0 Å². The number of halogens is 1. The van der Waals surface area contributed by atoms with Crippen LogP contribution in [0.25, 0.3) is 0 Å². The minimum Gasteiger partial charge on any atom is -0.0888 e. The summed E-state index contributed by atoms with van der Waals surface area (Å²) in [6.07, 6.45) is 5.31. The van der Waals surface area contributed by atoms with Crippen LogP contribution in [-0.2, 0) is 6.42 Å². The summed E-state index contributed by atoms with van der Waals surface area (Å²) in [7, 11) is 0. The van der Waals surface area contributed by atoms with Gasteiger partial charge in [-0.2, -0.15) is 0 Å². The average Bonchev–Trinajstić information content (AvgIpc) is 2.32. The Labute approximate surface area is 120 Å². The summed E-state index contributed by atoms with van der Waals surface area (Å²) in [6, 6.07) is 10.9. The van der Waals surface area contributed by atoms with Gasteiger partial charge in [-0.05, 0) is 48.5 Å². The van der Waals surface area contributed by atoms with Crippen molar-refractivity contribution in [3.05, 3.63) is 35.9 Å². The first-order chi connectivity index (χ1) is 8.47. The number of alkyl halides is 1. The third kappa shape index (κ3) is 3.60. The van der Waals surface area contributed by atoms with Gasteiger partial charge in [0, 0.05) is 4.83 Å². The molecule has 2 rings (SSSR count). The van der Waals surface area contributed by atoms with Gasteiger partial charge in [0.05, 0.1) is 0 Å². The Bertz CT molecular complexity index is 363. The van der Waals surface area contributed by atoms with Crippen molar-refractivity contribution >= 4 is 15.9 Å². The highest BCUT2D eigenvalue weighted by atomic mass is 79.9. The third-order valence-electron chi connectivity index (χ3n) is 4.46. The van der Waals surface area contributed by atoms with E-state index in [4.69, 9.17) is 0 Å². The van der Waals surface area contributed by atoms with E-state index in [-0.39, 0.29) is 0 Å². The van der Waals surface area contributed by atoms with E-state index in [1.807, 2.05) is 0 Å². The fourth-order valence-corrected chi connectivity index (χ4v) is 3.81. The van der Waals surface area contributed by atoms with Crippen LogP contribution >= 0.6 is 15.9 Å². The Morgan fingerprint density at radius 1 is 1.11 bits per heavy atom. The minimum atomic E-state index is 0.460. The molecule has 0 aromatic heterocycles. The summed E-state index contributed by atoms with van der Waals surface area (Å²) in [6.45, 7) is 7.18. The second-order valence-electron chi connectivity index (χ2n) is 6.84. The molecule has 1 aromatic carbocycles. The monoisotopic (exact) mass is 308 g/mol. The molecule has 1 aliphatic carbocycles. The summed E-state index contributed by atoms with van der Waals surface area (Å²) in [5.41, 5.74) is 1.95. The molecule has 1 aliphatic rings. The second kappa shape index (κ2) is 5.77. The lowest BCUT2D eigenvalue weighted by atomic mass is 9.68. The van der Waals surface area contributed by atoms with E-state index >= 15 is 0 Å². The lowest BCUT2D eigenvalue weighted by Gasteiger charge is -2.40. The maximum Gasteiger partial charge on any atom is 0.0177 e. The number of benzene rings is 1. The van der Waals surface area contributed by atoms with Crippen LogP contribution < -0.4 is 0 Å². The van der Waals surface area contributed by atoms with Crippen molar-refractivity contribution < 1.29 is 0 Å². The largest absolute Gasteiger partial charge is 0.0888 e. The molecule has 1 saturated carbocycles. The topological polar surface area (TPSA) is 0 Å². The van der Waals surface area contributed by atoms with Gasteiger partial charge in [0.2, 0.25) is 0 Å². The molecule has 0 radical (unpaired) electrons. The first-order valence-electron chi connectivity index (χ1n) is 7.15. The first kappa shape index (κ1) is 14.1.